The third-order valence-electron chi connectivity index (χ3n) is 7.11. The zero-order valence-electron chi connectivity index (χ0n) is 20.6. The number of aryl methyl sites for hydroxylation is 1. The standard InChI is InChI=1S/C27H27F2N5O3/c1-17-21(13-18-5-3-4-6-22(18)37-26(28)29)34-16-19(7-8-23(34)32-17)20-14-31-24(15-30-20)33-11-9-27(2,10-12-33)25(35)36/h3-8,14-16,26H,9-13H2,1-2H3,(H,35,36). The molecule has 37 heavy (non-hydrogen) atoms. The second-order valence-electron chi connectivity index (χ2n) is 9.57. The van der Waals surface area contributed by atoms with Gasteiger partial charge in [0.15, 0.2) is 0 Å². The quantitative estimate of drug-likeness (QED) is 0.377. The first-order valence-corrected chi connectivity index (χ1v) is 12.0. The minimum absolute atomic E-state index is 0.144. The number of rotatable bonds is 7. The Labute approximate surface area is 212 Å². The second kappa shape index (κ2) is 9.76. The number of carbonyl (C=O) groups is 1. The number of para-hydroxylation sites is 1. The molecule has 4 heterocycles. The second-order valence-corrected chi connectivity index (χ2v) is 9.57. The van der Waals surface area contributed by atoms with Crippen molar-refractivity contribution in [3.8, 4) is 17.0 Å². The summed E-state index contributed by atoms with van der Waals surface area (Å²) in [6, 6.07) is 10.6. The lowest BCUT2D eigenvalue weighted by atomic mass is 9.80. The van der Waals surface area contributed by atoms with E-state index in [1.165, 1.54) is 6.07 Å². The number of carboxylic acid groups (broad SMARTS) is 1. The number of imidazole rings is 1. The molecule has 8 nitrogen and oxygen atoms in total. The normalized spacial score (nSPS) is 15.3. The van der Waals surface area contributed by atoms with Gasteiger partial charge >= 0.3 is 12.6 Å². The molecule has 0 saturated carbocycles. The molecule has 0 radical (unpaired) electrons. The molecule has 1 aliphatic heterocycles. The molecule has 0 aliphatic carbocycles. The fourth-order valence-electron chi connectivity index (χ4n) is 4.69. The molecule has 5 rings (SSSR count). The third-order valence-corrected chi connectivity index (χ3v) is 7.11. The highest BCUT2D eigenvalue weighted by atomic mass is 19.3. The third kappa shape index (κ3) is 4.96. The Morgan fingerprint density at radius 2 is 1.89 bits per heavy atom. The van der Waals surface area contributed by atoms with Crippen LogP contribution in [0.5, 0.6) is 5.75 Å². The van der Waals surface area contributed by atoms with Crippen molar-refractivity contribution in [2.45, 2.75) is 39.7 Å². The number of piperidine rings is 1. The van der Waals surface area contributed by atoms with Gasteiger partial charge in [0.05, 0.1) is 29.2 Å². The summed E-state index contributed by atoms with van der Waals surface area (Å²) in [6.45, 7) is 1.99. The van der Waals surface area contributed by atoms with Gasteiger partial charge < -0.3 is 19.1 Å². The maximum Gasteiger partial charge on any atom is 0.387 e. The maximum absolute atomic E-state index is 12.9. The summed E-state index contributed by atoms with van der Waals surface area (Å²) in [5.41, 5.74) is 3.85. The van der Waals surface area contributed by atoms with Crippen molar-refractivity contribution in [3.05, 3.63) is 71.9 Å². The van der Waals surface area contributed by atoms with E-state index >= 15 is 0 Å². The van der Waals surface area contributed by atoms with Gasteiger partial charge in [-0.05, 0) is 44.9 Å². The molecular weight excluding hydrogens is 480 g/mol. The van der Waals surface area contributed by atoms with Crippen molar-refractivity contribution in [1.82, 2.24) is 19.4 Å². The Balaban J connectivity index is 1.39. The van der Waals surface area contributed by atoms with Crippen LogP contribution < -0.4 is 9.64 Å². The van der Waals surface area contributed by atoms with Gasteiger partial charge in [-0.25, -0.2) is 9.97 Å². The molecule has 10 heteroatoms. The Kier molecular flexibility index (Phi) is 6.49. The zero-order valence-corrected chi connectivity index (χ0v) is 20.6. The van der Waals surface area contributed by atoms with Crippen molar-refractivity contribution >= 4 is 17.4 Å². The van der Waals surface area contributed by atoms with E-state index in [-0.39, 0.29) is 5.75 Å². The number of halogens is 2. The molecule has 1 saturated heterocycles. The molecule has 0 spiro atoms. The summed E-state index contributed by atoms with van der Waals surface area (Å²) in [4.78, 5) is 27.4. The van der Waals surface area contributed by atoms with Crippen LogP contribution in [0.1, 0.15) is 36.7 Å². The predicted octanol–water partition coefficient (Wildman–Crippen LogP) is 4.98. The molecule has 0 amide bonds. The van der Waals surface area contributed by atoms with E-state index in [1.54, 1.807) is 37.5 Å². The minimum Gasteiger partial charge on any atom is -0.481 e. The first-order valence-electron chi connectivity index (χ1n) is 12.0. The first kappa shape index (κ1) is 24.6. The van der Waals surface area contributed by atoms with Gasteiger partial charge in [0.25, 0.3) is 0 Å². The highest BCUT2D eigenvalue weighted by Gasteiger charge is 2.37. The van der Waals surface area contributed by atoms with Gasteiger partial charge in [0.2, 0.25) is 0 Å². The monoisotopic (exact) mass is 507 g/mol. The fraction of sp³-hybridized carbons (Fsp3) is 0.333. The molecule has 0 unspecified atom stereocenters. The lowest BCUT2D eigenvalue weighted by molar-refractivity contribution is -0.149. The molecule has 192 valence electrons. The number of alkyl halides is 2. The Hall–Kier alpha value is -4.08. The average molecular weight is 508 g/mol. The van der Waals surface area contributed by atoms with E-state index < -0.39 is 18.0 Å². The van der Waals surface area contributed by atoms with Crippen LogP contribution in [0, 0.1) is 12.3 Å². The number of aromatic nitrogens is 4. The Morgan fingerprint density at radius 1 is 1.14 bits per heavy atom. The first-order chi connectivity index (χ1) is 17.7. The Morgan fingerprint density at radius 3 is 2.57 bits per heavy atom. The highest BCUT2D eigenvalue weighted by molar-refractivity contribution is 5.74. The van der Waals surface area contributed by atoms with Crippen LogP contribution in [0.25, 0.3) is 16.9 Å². The van der Waals surface area contributed by atoms with Crippen LogP contribution in [-0.2, 0) is 11.2 Å². The smallest absolute Gasteiger partial charge is 0.387 e. The number of hydrogen-bond donors (Lipinski definition) is 1. The lowest BCUT2D eigenvalue weighted by Gasteiger charge is -2.36. The lowest BCUT2D eigenvalue weighted by Crippen LogP contribution is -2.43. The van der Waals surface area contributed by atoms with Gasteiger partial charge in [0, 0.05) is 42.5 Å². The number of hydrogen-bond acceptors (Lipinski definition) is 6. The van der Waals surface area contributed by atoms with Gasteiger partial charge in [0.1, 0.15) is 17.2 Å². The SMILES string of the molecule is Cc1nc2ccc(-c3cnc(N4CCC(C)(C(=O)O)CC4)cn3)cn2c1Cc1ccccc1OC(F)F. The molecule has 1 aromatic carbocycles. The van der Waals surface area contributed by atoms with E-state index in [4.69, 9.17) is 4.74 Å². The Bertz CT molecular complexity index is 1430. The van der Waals surface area contributed by atoms with Gasteiger partial charge in [-0.1, -0.05) is 18.2 Å². The summed E-state index contributed by atoms with van der Waals surface area (Å²) in [6.07, 6.45) is 6.81. The fourth-order valence-corrected chi connectivity index (χ4v) is 4.69. The number of nitrogens with zero attached hydrogens (tertiary/aromatic N) is 5. The summed E-state index contributed by atoms with van der Waals surface area (Å²) >= 11 is 0. The van der Waals surface area contributed by atoms with Gasteiger partial charge in [-0.2, -0.15) is 8.78 Å². The van der Waals surface area contributed by atoms with Crippen molar-refractivity contribution in [1.29, 1.82) is 0 Å². The molecule has 1 fully saturated rings. The molecule has 1 aliphatic rings. The number of aliphatic carboxylic acids is 1. The van der Waals surface area contributed by atoms with Crippen molar-refractivity contribution in [3.63, 3.8) is 0 Å². The molecular formula is C27H27F2N5O3. The minimum atomic E-state index is -2.90. The van der Waals surface area contributed by atoms with Gasteiger partial charge in [-0.15, -0.1) is 0 Å². The van der Waals surface area contributed by atoms with Crippen LogP contribution in [0.2, 0.25) is 0 Å². The van der Waals surface area contributed by atoms with E-state index in [9.17, 15) is 18.7 Å². The number of pyridine rings is 1. The van der Waals surface area contributed by atoms with Crippen molar-refractivity contribution in [2.75, 3.05) is 18.0 Å². The van der Waals surface area contributed by atoms with E-state index in [2.05, 4.69) is 19.9 Å². The number of carboxylic acids is 1. The molecule has 0 atom stereocenters. The van der Waals surface area contributed by atoms with Crippen molar-refractivity contribution in [2.24, 2.45) is 5.41 Å². The maximum atomic E-state index is 12.9. The van der Waals surface area contributed by atoms with Crippen LogP contribution in [0.4, 0.5) is 14.6 Å². The molecule has 1 N–H and O–H groups in total. The van der Waals surface area contributed by atoms with Crippen LogP contribution in [0.3, 0.4) is 0 Å². The topological polar surface area (TPSA) is 92.9 Å². The predicted molar refractivity (Wildman–Crippen MR) is 134 cm³/mol. The molecule has 3 aromatic heterocycles. The number of fused-ring (bicyclic) bond motifs is 1. The van der Waals surface area contributed by atoms with E-state index in [1.807, 2.05) is 29.7 Å². The highest BCUT2D eigenvalue weighted by Crippen LogP contribution is 2.33. The van der Waals surface area contributed by atoms with Gasteiger partial charge in [-0.3, -0.25) is 9.78 Å². The summed E-state index contributed by atoms with van der Waals surface area (Å²) < 4.78 is 32.4. The summed E-state index contributed by atoms with van der Waals surface area (Å²) in [5, 5.41) is 9.45. The van der Waals surface area contributed by atoms with Crippen LogP contribution in [-0.4, -0.2) is 50.1 Å². The van der Waals surface area contributed by atoms with E-state index in [0.29, 0.717) is 49.4 Å². The largest absolute Gasteiger partial charge is 0.481 e. The molecule has 0 bridgehead atoms. The van der Waals surface area contributed by atoms with Crippen LogP contribution in [0.15, 0.2) is 55.0 Å². The number of anilines is 1. The number of benzene rings is 1. The van der Waals surface area contributed by atoms with Crippen LogP contribution >= 0.6 is 0 Å². The number of ether oxygens (including phenoxy) is 1. The summed E-state index contributed by atoms with van der Waals surface area (Å²) in [5.74, 6) is 0.0982. The van der Waals surface area contributed by atoms with E-state index in [0.717, 1.165) is 22.6 Å². The zero-order chi connectivity index (χ0) is 26.2. The molecule has 4 aromatic rings. The average Bonchev–Trinajstić information content (AvgIpc) is 3.19. The van der Waals surface area contributed by atoms with Crippen molar-refractivity contribution < 1.29 is 23.4 Å². The summed E-state index contributed by atoms with van der Waals surface area (Å²) in [7, 11) is 0.